The van der Waals surface area contributed by atoms with Crippen molar-refractivity contribution in [3.63, 3.8) is 0 Å². The number of carbonyl (C=O) groups is 1. The van der Waals surface area contributed by atoms with E-state index >= 15 is 0 Å². The highest BCUT2D eigenvalue weighted by atomic mass is 16.5. The Bertz CT molecular complexity index is 606. The molecule has 2 heterocycles. The van der Waals surface area contributed by atoms with Crippen LogP contribution in [-0.2, 0) is 5.41 Å². The van der Waals surface area contributed by atoms with Crippen LogP contribution in [0.5, 0.6) is 0 Å². The number of carbonyl (C=O) groups excluding carboxylic acids is 1. The van der Waals surface area contributed by atoms with Crippen LogP contribution in [0.2, 0.25) is 0 Å². The Hall–Kier alpha value is -1.40. The minimum absolute atomic E-state index is 0.0558. The molecule has 1 aliphatic heterocycles. The molecular formula is C20H36N4O2. The average Bonchev–Trinajstić information content (AvgIpc) is 2.90. The number of rotatable bonds is 5. The summed E-state index contributed by atoms with van der Waals surface area (Å²) in [5, 5.41) is 4.18. The number of aryl methyl sites for hydroxylation is 1. The first-order valence-corrected chi connectivity index (χ1v) is 9.68. The monoisotopic (exact) mass is 364 g/mol. The van der Waals surface area contributed by atoms with Gasteiger partial charge in [-0.3, -0.25) is 9.69 Å². The lowest BCUT2D eigenvalue weighted by atomic mass is 9.88. The van der Waals surface area contributed by atoms with Gasteiger partial charge in [0.05, 0.1) is 0 Å². The fraction of sp³-hybridized carbons (Fsp3) is 0.800. The van der Waals surface area contributed by atoms with E-state index in [9.17, 15) is 4.79 Å². The van der Waals surface area contributed by atoms with Gasteiger partial charge in [0.2, 0.25) is 0 Å². The lowest BCUT2D eigenvalue weighted by Gasteiger charge is -2.44. The van der Waals surface area contributed by atoms with Crippen molar-refractivity contribution in [2.75, 3.05) is 40.3 Å². The Kier molecular flexibility index (Phi) is 6.51. The molecule has 0 aliphatic carbocycles. The lowest BCUT2D eigenvalue weighted by molar-refractivity contribution is 0.0292. The molecule has 1 aromatic rings. The molecule has 0 spiro atoms. The largest absolute Gasteiger partial charge is 0.361 e. The van der Waals surface area contributed by atoms with Crippen LogP contribution in [0, 0.1) is 6.92 Å². The molecule has 0 bridgehead atoms. The van der Waals surface area contributed by atoms with Gasteiger partial charge in [0.1, 0.15) is 17.0 Å². The minimum Gasteiger partial charge on any atom is -0.361 e. The molecule has 1 fully saturated rings. The summed E-state index contributed by atoms with van der Waals surface area (Å²) in [6, 6.07) is 0.700. The number of aromatic nitrogens is 1. The smallest absolute Gasteiger partial charge is 0.259 e. The first kappa shape index (κ1) is 20.9. The second-order valence-electron chi connectivity index (χ2n) is 9.02. The van der Waals surface area contributed by atoms with Gasteiger partial charge >= 0.3 is 0 Å². The third kappa shape index (κ3) is 4.65. The molecule has 2 atom stereocenters. The van der Waals surface area contributed by atoms with Crippen LogP contribution in [-0.4, -0.2) is 78.1 Å². The van der Waals surface area contributed by atoms with Gasteiger partial charge in [-0.15, -0.1) is 0 Å². The molecule has 0 aromatic carbocycles. The third-order valence-corrected chi connectivity index (χ3v) is 5.20. The SMILES string of the molecule is Cc1onc(C(C)(C)C)c1C(=O)N1CC(C)N(CCCN(C)C)C(C)C1. The Morgan fingerprint density at radius 2 is 1.81 bits per heavy atom. The molecule has 26 heavy (non-hydrogen) atoms. The summed E-state index contributed by atoms with van der Waals surface area (Å²) in [4.78, 5) is 20.0. The van der Waals surface area contributed by atoms with Crippen molar-refractivity contribution in [1.29, 1.82) is 0 Å². The molecule has 2 rings (SSSR count). The predicted octanol–water partition coefficient (Wildman–Crippen LogP) is 2.77. The van der Waals surface area contributed by atoms with Crippen LogP contribution in [0.15, 0.2) is 4.52 Å². The van der Waals surface area contributed by atoms with Gasteiger partial charge in [0.25, 0.3) is 5.91 Å². The Labute approximate surface area is 158 Å². The van der Waals surface area contributed by atoms with E-state index in [0.29, 0.717) is 23.4 Å². The van der Waals surface area contributed by atoms with Gasteiger partial charge in [0, 0.05) is 37.1 Å². The molecule has 0 saturated carbocycles. The van der Waals surface area contributed by atoms with E-state index in [1.165, 1.54) is 0 Å². The first-order valence-electron chi connectivity index (χ1n) is 9.68. The molecule has 1 aliphatic rings. The van der Waals surface area contributed by atoms with Gasteiger partial charge in [-0.25, -0.2) is 0 Å². The number of amides is 1. The summed E-state index contributed by atoms with van der Waals surface area (Å²) in [7, 11) is 4.22. The quantitative estimate of drug-likeness (QED) is 0.804. The van der Waals surface area contributed by atoms with E-state index in [1.54, 1.807) is 0 Å². The van der Waals surface area contributed by atoms with Crippen molar-refractivity contribution < 1.29 is 9.32 Å². The highest BCUT2D eigenvalue weighted by molar-refractivity contribution is 5.96. The van der Waals surface area contributed by atoms with E-state index < -0.39 is 0 Å². The molecular weight excluding hydrogens is 328 g/mol. The van der Waals surface area contributed by atoms with Crippen LogP contribution >= 0.6 is 0 Å². The second-order valence-corrected chi connectivity index (χ2v) is 9.02. The summed E-state index contributed by atoms with van der Waals surface area (Å²) in [5.74, 6) is 0.675. The van der Waals surface area contributed by atoms with Gasteiger partial charge in [-0.05, 0) is 47.8 Å². The molecule has 148 valence electrons. The number of hydrogen-bond acceptors (Lipinski definition) is 5. The highest BCUT2D eigenvalue weighted by Gasteiger charge is 2.36. The van der Waals surface area contributed by atoms with Crippen LogP contribution in [0.1, 0.15) is 62.9 Å². The van der Waals surface area contributed by atoms with E-state index in [-0.39, 0.29) is 11.3 Å². The molecule has 1 amide bonds. The van der Waals surface area contributed by atoms with Crippen molar-refractivity contribution >= 4 is 5.91 Å². The van der Waals surface area contributed by atoms with Crippen molar-refractivity contribution in [3.8, 4) is 0 Å². The molecule has 0 radical (unpaired) electrons. The molecule has 0 N–H and O–H groups in total. The fourth-order valence-corrected chi connectivity index (χ4v) is 3.83. The van der Waals surface area contributed by atoms with Crippen LogP contribution in [0.3, 0.4) is 0 Å². The zero-order valence-corrected chi connectivity index (χ0v) is 17.8. The summed E-state index contributed by atoms with van der Waals surface area (Å²) in [6.07, 6.45) is 1.15. The van der Waals surface area contributed by atoms with E-state index in [1.807, 2.05) is 11.8 Å². The Morgan fingerprint density at radius 3 is 2.31 bits per heavy atom. The lowest BCUT2D eigenvalue weighted by Crippen LogP contribution is -2.58. The first-order chi connectivity index (χ1) is 12.0. The summed E-state index contributed by atoms with van der Waals surface area (Å²) in [6.45, 7) is 16.1. The van der Waals surface area contributed by atoms with E-state index in [2.05, 4.69) is 63.7 Å². The molecule has 1 saturated heterocycles. The van der Waals surface area contributed by atoms with Gasteiger partial charge < -0.3 is 14.3 Å². The third-order valence-electron chi connectivity index (χ3n) is 5.20. The molecule has 6 nitrogen and oxygen atoms in total. The standard InChI is InChI=1S/C20H36N4O2/c1-14-12-23(13-15(2)24(14)11-9-10-22(7)8)19(25)17-16(3)26-21-18(17)20(4,5)6/h14-15H,9-13H2,1-8H3. The zero-order chi connectivity index (χ0) is 19.6. The topological polar surface area (TPSA) is 52.8 Å². The van der Waals surface area contributed by atoms with Gasteiger partial charge in [0.15, 0.2) is 0 Å². The second kappa shape index (κ2) is 8.09. The van der Waals surface area contributed by atoms with Crippen LogP contribution in [0.25, 0.3) is 0 Å². The fourth-order valence-electron chi connectivity index (χ4n) is 3.83. The molecule has 1 aromatic heterocycles. The average molecular weight is 365 g/mol. The van der Waals surface area contributed by atoms with Crippen molar-refractivity contribution in [2.45, 2.75) is 65.5 Å². The normalized spacial score (nSPS) is 22.3. The van der Waals surface area contributed by atoms with Gasteiger partial charge in [-0.1, -0.05) is 25.9 Å². The molecule has 6 heteroatoms. The van der Waals surface area contributed by atoms with Crippen LogP contribution in [0.4, 0.5) is 0 Å². The summed E-state index contributed by atoms with van der Waals surface area (Å²) < 4.78 is 5.37. The van der Waals surface area contributed by atoms with Crippen molar-refractivity contribution in [3.05, 3.63) is 17.0 Å². The zero-order valence-electron chi connectivity index (χ0n) is 17.8. The van der Waals surface area contributed by atoms with Gasteiger partial charge in [-0.2, -0.15) is 0 Å². The maximum absolute atomic E-state index is 13.3. The Morgan fingerprint density at radius 1 is 1.23 bits per heavy atom. The summed E-state index contributed by atoms with van der Waals surface area (Å²) >= 11 is 0. The summed E-state index contributed by atoms with van der Waals surface area (Å²) in [5.41, 5.74) is 1.19. The Balaban J connectivity index is 2.10. The maximum Gasteiger partial charge on any atom is 0.259 e. The number of piperazine rings is 1. The van der Waals surface area contributed by atoms with Crippen LogP contribution < -0.4 is 0 Å². The highest BCUT2D eigenvalue weighted by Crippen LogP contribution is 2.29. The van der Waals surface area contributed by atoms with Crippen molar-refractivity contribution in [1.82, 2.24) is 19.9 Å². The number of hydrogen-bond donors (Lipinski definition) is 0. The minimum atomic E-state index is -0.214. The predicted molar refractivity (Wildman–Crippen MR) is 105 cm³/mol. The van der Waals surface area contributed by atoms with E-state index in [0.717, 1.165) is 38.3 Å². The maximum atomic E-state index is 13.3. The molecule has 2 unspecified atom stereocenters. The van der Waals surface area contributed by atoms with Crippen molar-refractivity contribution in [2.24, 2.45) is 0 Å². The van der Waals surface area contributed by atoms with E-state index in [4.69, 9.17) is 4.52 Å². The number of nitrogens with zero attached hydrogens (tertiary/aromatic N) is 4.